The van der Waals surface area contributed by atoms with Gasteiger partial charge in [-0.15, -0.1) is 0 Å². The van der Waals surface area contributed by atoms with Gasteiger partial charge in [0.25, 0.3) is 0 Å². The molecule has 2 aromatic rings. The first-order valence-corrected chi connectivity index (χ1v) is 5.01. The van der Waals surface area contributed by atoms with Gasteiger partial charge >= 0.3 is 0 Å². The third-order valence-electron chi connectivity index (χ3n) is 2.33. The average molecular weight is 184 g/mol. The van der Waals surface area contributed by atoms with E-state index in [9.17, 15) is 0 Å². The molecule has 0 bridgehead atoms. The van der Waals surface area contributed by atoms with Gasteiger partial charge in [0.05, 0.1) is 0 Å². The molecule has 14 heavy (non-hydrogen) atoms. The van der Waals surface area contributed by atoms with Crippen molar-refractivity contribution in [3.05, 3.63) is 48.0 Å². The van der Waals surface area contributed by atoms with Crippen LogP contribution in [0.3, 0.4) is 0 Å². The Labute approximate surface area is 84.8 Å². The standard InChI is InChI=1S/C13H14N/c1-2-14-10-11-7-8-12-5-3-4-6-13(12)9-11/h3-9H,2,10H2,1H3. The summed E-state index contributed by atoms with van der Waals surface area (Å²) in [4.78, 5) is 0. The van der Waals surface area contributed by atoms with Crippen LogP contribution in [0.5, 0.6) is 0 Å². The second-order valence-electron chi connectivity index (χ2n) is 3.38. The highest BCUT2D eigenvalue weighted by molar-refractivity contribution is 5.82. The van der Waals surface area contributed by atoms with Crippen LogP contribution in [-0.2, 0) is 6.54 Å². The van der Waals surface area contributed by atoms with Gasteiger partial charge in [0.15, 0.2) is 0 Å². The van der Waals surface area contributed by atoms with Crippen molar-refractivity contribution >= 4 is 10.8 Å². The minimum Gasteiger partial charge on any atom is -0.237 e. The molecule has 0 aliphatic heterocycles. The molecule has 0 aliphatic carbocycles. The van der Waals surface area contributed by atoms with E-state index < -0.39 is 0 Å². The van der Waals surface area contributed by atoms with Crippen molar-refractivity contribution in [1.82, 2.24) is 5.32 Å². The molecule has 2 aromatic carbocycles. The summed E-state index contributed by atoms with van der Waals surface area (Å²) >= 11 is 0. The molecular formula is C13H14N. The van der Waals surface area contributed by atoms with E-state index in [0.29, 0.717) is 0 Å². The van der Waals surface area contributed by atoms with Crippen molar-refractivity contribution < 1.29 is 0 Å². The lowest BCUT2D eigenvalue weighted by Gasteiger charge is -2.02. The Hall–Kier alpha value is -1.34. The van der Waals surface area contributed by atoms with Gasteiger partial charge in [0.2, 0.25) is 0 Å². The van der Waals surface area contributed by atoms with Gasteiger partial charge in [0, 0.05) is 13.1 Å². The molecule has 0 unspecified atom stereocenters. The molecule has 0 spiro atoms. The van der Waals surface area contributed by atoms with Crippen LogP contribution in [-0.4, -0.2) is 6.54 Å². The topological polar surface area (TPSA) is 14.1 Å². The quantitative estimate of drug-likeness (QED) is 0.696. The molecule has 0 saturated carbocycles. The number of hydrogen-bond donors (Lipinski definition) is 0. The van der Waals surface area contributed by atoms with E-state index in [-0.39, 0.29) is 0 Å². The summed E-state index contributed by atoms with van der Waals surface area (Å²) in [6.45, 7) is 3.80. The molecule has 2 rings (SSSR count). The zero-order chi connectivity index (χ0) is 9.80. The number of fused-ring (bicyclic) bond motifs is 1. The molecule has 0 amide bonds. The molecule has 1 heteroatoms. The van der Waals surface area contributed by atoms with E-state index in [0.717, 1.165) is 13.1 Å². The highest BCUT2D eigenvalue weighted by Crippen LogP contribution is 2.15. The summed E-state index contributed by atoms with van der Waals surface area (Å²) in [5.74, 6) is 0. The van der Waals surface area contributed by atoms with Gasteiger partial charge in [-0.3, -0.25) is 0 Å². The van der Waals surface area contributed by atoms with Crippen LogP contribution in [0.15, 0.2) is 42.5 Å². The smallest absolute Gasteiger partial charge is 0.0384 e. The zero-order valence-corrected chi connectivity index (χ0v) is 8.40. The summed E-state index contributed by atoms with van der Waals surface area (Å²) < 4.78 is 0. The van der Waals surface area contributed by atoms with E-state index >= 15 is 0 Å². The fourth-order valence-electron chi connectivity index (χ4n) is 1.58. The highest BCUT2D eigenvalue weighted by Gasteiger charge is 1.95. The summed E-state index contributed by atoms with van der Waals surface area (Å²) in [5, 5.41) is 6.95. The molecule has 0 saturated heterocycles. The Balaban J connectivity index is 2.32. The largest absolute Gasteiger partial charge is 0.237 e. The predicted molar refractivity (Wildman–Crippen MR) is 60.3 cm³/mol. The Morgan fingerprint density at radius 1 is 1.00 bits per heavy atom. The van der Waals surface area contributed by atoms with E-state index in [4.69, 9.17) is 0 Å². The Morgan fingerprint density at radius 2 is 1.79 bits per heavy atom. The third-order valence-corrected chi connectivity index (χ3v) is 2.33. The van der Waals surface area contributed by atoms with Crippen molar-refractivity contribution in [3.8, 4) is 0 Å². The molecule has 0 N–H and O–H groups in total. The van der Waals surface area contributed by atoms with Gasteiger partial charge in [-0.1, -0.05) is 43.3 Å². The van der Waals surface area contributed by atoms with Gasteiger partial charge in [-0.05, 0) is 22.4 Å². The van der Waals surface area contributed by atoms with E-state index in [1.807, 2.05) is 0 Å². The molecule has 71 valence electrons. The van der Waals surface area contributed by atoms with Crippen LogP contribution in [0.2, 0.25) is 0 Å². The van der Waals surface area contributed by atoms with Crippen LogP contribution >= 0.6 is 0 Å². The summed E-state index contributed by atoms with van der Waals surface area (Å²) in [7, 11) is 0. The molecule has 0 aliphatic rings. The molecule has 0 fully saturated rings. The van der Waals surface area contributed by atoms with E-state index in [1.165, 1.54) is 16.3 Å². The van der Waals surface area contributed by atoms with E-state index in [2.05, 4.69) is 54.7 Å². The summed E-state index contributed by atoms with van der Waals surface area (Å²) in [5.41, 5.74) is 1.30. The molecule has 0 aromatic heterocycles. The van der Waals surface area contributed by atoms with Crippen LogP contribution < -0.4 is 5.32 Å². The maximum atomic E-state index is 4.35. The minimum atomic E-state index is 0.835. The lowest BCUT2D eigenvalue weighted by molar-refractivity contribution is 0.711. The third kappa shape index (κ3) is 1.94. The Bertz CT molecular complexity index is 420. The van der Waals surface area contributed by atoms with Gasteiger partial charge in [0.1, 0.15) is 0 Å². The van der Waals surface area contributed by atoms with Crippen LogP contribution in [0, 0.1) is 0 Å². The lowest BCUT2D eigenvalue weighted by atomic mass is 10.1. The monoisotopic (exact) mass is 184 g/mol. The van der Waals surface area contributed by atoms with Crippen LogP contribution in [0.25, 0.3) is 10.8 Å². The molecule has 1 radical (unpaired) electrons. The fraction of sp³-hybridized carbons (Fsp3) is 0.231. The molecule has 0 atom stereocenters. The van der Waals surface area contributed by atoms with Gasteiger partial charge < -0.3 is 0 Å². The molecule has 1 nitrogen and oxygen atoms in total. The second kappa shape index (κ2) is 4.25. The molecular weight excluding hydrogens is 170 g/mol. The van der Waals surface area contributed by atoms with Crippen LogP contribution in [0.4, 0.5) is 0 Å². The van der Waals surface area contributed by atoms with Crippen molar-refractivity contribution in [2.24, 2.45) is 0 Å². The average Bonchev–Trinajstić information content (AvgIpc) is 2.26. The fourth-order valence-corrected chi connectivity index (χ4v) is 1.58. The Morgan fingerprint density at radius 3 is 2.57 bits per heavy atom. The maximum Gasteiger partial charge on any atom is 0.0384 e. The van der Waals surface area contributed by atoms with Gasteiger partial charge in [-0.2, -0.15) is 0 Å². The first-order chi connectivity index (χ1) is 6.90. The first-order valence-electron chi connectivity index (χ1n) is 5.01. The van der Waals surface area contributed by atoms with Crippen molar-refractivity contribution in [1.29, 1.82) is 0 Å². The number of hydrogen-bond acceptors (Lipinski definition) is 0. The predicted octanol–water partition coefficient (Wildman–Crippen LogP) is 2.96. The lowest BCUT2D eigenvalue weighted by Crippen LogP contribution is -2.02. The van der Waals surface area contributed by atoms with Crippen LogP contribution in [0.1, 0.15) is 12.5 Å². The number of rotatable bonds is 3. The van der Waals surface area contributed by atoms with Crippen molar-refractivity contribution in [3.63, 3.8) is 0 Å². The zero-order valence-electron chi connectivity index (χ0n) is 8.40. The maximum absolute atomic E-state index is 4.35. The molecule has 0 heterocycles. The summed E-state index contributed by atoms with van der Waals surface area (Å²) in [6, 6.07) is 15.0. The van der Waals surface area contributed by atoms with Crippen molar-refractivity contribution in [2.45, 2.75) is 13.5 Å². The number of benzene rings is 2. The van der Waals surface area contributed by atoms with E-state index in [1.54, 1.807) is 0 Å². The Kier molecular flexibility index (Phi) is 2.80. The summed E-state index contributed by atoms with van der Waals surface area (Å²) in [6.07, 6.45) is 0. The normalized spacial score (nSPS) is 10.6. The highest BCUT2D eigenvalue weighted by atomic mass is 14.8. The second-order valence-corrected chi connectivity index (χ2v) is 3.38. The SMILES string of the molecule is CC[N]Cc1ccc2ccccc2c1. The number of nitrogens with zero attached hydrogens (tertiary/aromatic N) is 1. The first kappa shape index (κ1) is 9.22. The van der Waals surface area contributed by atoms with Crippen molar-refractivity contribution in [2.75, 3.05) is 6.54 Å². The van der Waals surface area contributed by atoms with Gasteiger partial charge in [-0.25, -0.2) is 5.32 Å². The minimum absolute atomic E-state index is 0.835.